The summed E-state index contributed by atoms with van der Waals surface area (Å²) in [6.07, 6.45) is 5.39. The molecule has 2 N–H and O–H groups in total. The molecule has 0 radical (unpaired) electrons. The molecule has 1 atom stereocenters. The summed E-state index contributed by atoms with van der Waals surface area (Å²) in [5.41, 5.74) is 3.69. The lowest BCUT2D eigenvalue weighted by Crippen LogP contribution is -2.40. The quantitative estimate of drug-likeness (QED) is 0.546. The Morgan fingerprint density at radius 1 is 1.14 bits per heavy atom. The zero-order valence-electron chi connectivity index (χ0n) is 17.2. The number of aryl methyl sites for hydroxylation is 1. The fourth-order valence-corrected chi connectivity index (χ4v) is 3.64. The molecular formula is C23H33N5. The molecule has 5 heteroatoms. The number of hydrogen-bond donors (Lipinski definition) is 2. The van der Waals surface area contributed by atoms with Crippen molar-refractivity contribution in [1.82, 2.24) is 20.5 Å². The van der Waals surface area contributed by atoms with Crippen molar-refractivity contribution in [3.63, 3.8) is 0 Å². The standard InChI is InChI=1S/C23H33N5/c1-3-24-23(25-14-13-20-12-11-19(2)26-16-20)27-17-22-10-7-15-28(22)18-21-8-5-4-6-9-21/h4-6,8-9,11-12,16,22H,3,7,10,13-15,17-18H2,1-2H3,(H2,24,25,27). The van der Waals surface area contributed by atoms with Gasteiger partial charge in [-0.3, -0.25) is 14.9 Å². The zero-order valence-corrected chi connectivity index (χ0v) is 17.2. The van der Waals surface area contributed by atoms with Crippen molar-refractivity contribution in [1.29, 1.82) is 0 Å². The summed E-state index contributed by atoms with van der Waals surface area (Å²) in [6.45, 7) is 8.88. The highest BCUT2D eigenvalue weighted by Gasteiger charge is 2.24. The Morgan fingerprint density at radius 2 is 2.00 bits per heavy atom. The van der Waals surface area contributed by atoms with E-state index in [-0.39, 0.29) is 0 Å². The molecule has 2 aromatic rings. The first-order valence-corrected chi connectivity index (χ1v) is 10.5. The monoisotopic (exact) mass is 379 g/mol. The van der Waals surface area contributed by atoms with E-state index in [0.29, 0.717) is 6.04 Å². The van der Waals surface area contributed by atoms with Gasteiger partial charge >= 0.3 is 0 Å². The van der Waals surface area contributed by atoms with Gasteiger partial charge in [-0.25, -0.2) is 0 Å². The molecule has 5 nitrogen and oxygen atoms in total. The van der Waals surface area contributed by atoms with Gasteiger partial charge in [0, 0.05) is 37.6 Å². The van der Waals surface area contributed by atoms with Crippen LogP contribution in [-0.2, 0) is 13.0 Å². The van der Waals surface area contributed by atoms with Crippen LogP contribution in [0.5, 0.6) is 0 Å². The molecule has 0 bridgehead atoms. The molecule has 0 amide bonds. The predicted molar refractivity (Wildman–Crippen MR) is 117 cm³/mol. The minimum Gasteiger partial charge on any atom is -0.357 e. The van der Waals surface area contributed by atoms with Crippen molar-refractivity contribution in [2.45, 2.75) is 45.7 Å². The van der Waals surface area contributed by atoms with E-state index in [1.165, 1.54) is 30.5 Å². The van der Waals surface area contributed by atoms with E-state index in [9.17, 15) is 0 Å². The van der Waals surface area contributed by atoms with Crippen LogP contribution in [0, 0.1) is 6.92 Å². The summed E-state index contributed by atoms with van der Waals surface area (Å²) >= 11 is 0. The number of likely N-dealkylation sites (tertiary alicyclic amines) is 1. The van der Waals surface area contributed by atoms with E-state index in [1.807, 2.05) is 13.1 Å². The van der Waals surface area contributed by atoms with E-state index in [2.05, 4.69) is 69.9 Å². The summed E-state index contributed by atoms with van der Waals surface area (Å²) in [6, 6.07) is 15.5. The van der Waals surface area contributed by atoms with Crippen LogP contribution in [0.4, 0.5) is 0 Å². The molecule has 28 heavy (non-hydrogen) atoms. The number of rotatable bonds is 8. The van der Waals surface area contributed by atoms with E-state index in [0.717, 1.165) is 44.3 Å². The zero-order chi connectivity index (χ0) is 19.6. The second-order valence-corrected chi connectivity index (χ2v) is 7.46. The van der Waals surface area contributed by atoms with Crippen molar-refractivity contribution in [2.75, 3.05) is 26.2 Å². The Balaban J connectivity index is 1.50. The van der Waals surface area contributed by atoms with Crippen LogP contribution in [0.2, 0.25) is 0 Å². The number of aliphatic imine (C=N–C) groups is 1. The number of nitrogens with one attached hydrogen (secondary N) is 2. The molecule has 0 aliphatic carbocycles. The maximum Gasteiger partial charge on any atom is 0.191 e. The molecule has 150 valence electrons. The van der Waals surface area contributed by atoms with E-state index in [4.69, 9.17) is 4.99 Å². The van der Waals surface area contributed by atoms with Gasteiger partial charge < -0.3 is 10.6 Å². The Morgan fingerprint density at radius 3 is 2.75 bits per heavy atom. The van der Waals surface area contributed by atoms with Crippen molar-refractivity contribution < 1.29 is 0 Å². The molecule has 1 aliphatic rings. The number of aromatic nitrogens is 1. The highest BCUT2D eigenvalue weighted by Crippen LogP contribution is 2.20. The molecule has 3 rings (SSSR count). The van der Waals surface area contributed by atoms with Crippen molar-refractivity contribution in [3.05, 3.63) is 65.5 Å². The minimum absolute atomic E-state index is 0.525. The molecule has 1 unspecified atom stereocenters. The number of hydrogen-bond acceptors (Lipinski definition) is 3. The van der Waals surface area contributed by atoms with Gasteiger partial charge in [0.15, 0.2) is 5.96 Å². The number of guanidine groups is 1. The third kappa shape index (κ3) is 6.34. The molecule has 0 saturated carbocycles. The van der Waals surface area contributed by atoms with E-state index >= 15 is 0 Å². The van der Waals surface area contributed by atoms with Crippen molar-refractivity contribution in [2.24, 2.45) is 4.99 Å². The van der Waals surface area contributed by atoms with Crippen LogP contribution in [0.25, 0.3) is 0 Å². The lowest BCUT2D eigenvalue weighted by atomic mass is 10.2. The SMILES string of the molecule is CCNC(=NCC1CCCN1Cc1ccccc1)NCCc1ccc(C)nc1. The van der Waals surface area contributed by atoms with Gasteiger partial charge in [-0.05, 0) is 56.8 Å². The summed E-state index contributed by atoms with van der Waals surface area (Å²) in [5.74, 6) is 0.911. The smallest absolute Gasteiger partial charge is 0.191 e. The average Bonchev–Trinajstić information content (AvgIpc) is 3.15. The first-order chi connectivity index (χ1) is 13.7. The van der Waals surface area contributed by atoms with Crippen LogP contribution in [-0.4, -0.2) is 48.1 Å². The van der Waals surface area contributed by atoms with Gasteiger partial charge in [0.05, 0.1) is 6.54 Å². The Hall–Kier alpha value is -2.40. The van der Waals surface area contributed by atoms with Gasteiger partial charge in [-0.15, -0.1) is 0 Å². The number of benzene rings is 1. The highest BCUT2D eigenvalue weighted by molar-refractivity contribution is 5.79. The molecule has 1 fully saturated rings. The topological polar surface area (TPSA) is 52.6 Å². The highest BCUT2D eigenvalue weighted by atomic mass is 15.2. The Bertz CT molecular complexity index is 726. The van der Waals surface area contributed by atoms with Gasteiger partial charge in [-0.1, -0.05) is 36.4 Å². The van der Waals surface area contributed by atoms with Crippen molar-refractivity contribution >= 4 is 5.96 Å². The predicted octanol–water partition coefficient (Wildman–Crippen LogP) is 3.15. The molecule has 1 aliphatic heterocycles. The Labute approximate surface area is 169 Å². The van der Waals surface area contributed by atoms with Crippen LogP contribution in [0.15, 0.2) is 53.7 Å². The van der Waals surface area contributed by atoms with Crippen LogP contribution >= 0.6 is 0 Å². The molecule has 0 spiro atoms. The largest absolute Gasteiger partial charge is 0.357 e. The maximum atomic E-state index is 4.87. The minimum atomic E-state index is 0.525. The number of pyridine rings is 1. The van der Waals surface area contributed by atoms with Crippen molar-refractivity contribution in [3.8, 4) is 0 Å². The van der Waals surface area contributed by atoms with E-state index < -0.39 is 0 Å². The number of nitrogens with zero attached hydrogens (tertiary/aromatic N) is 3. The van der Waals surface area contributed by atoms with Crippen LogP contribution in [0.3, 0.4) is 0 Å². The molecule has 1 aromatic carbocycles. The van der Waals surface area contributed by atoms with Gasteiger partial charge in [0.1, 0.15) is 0 Å². The molecule has 1 saturated heterocycles. The van der Waals surface area contributed by atoms with Crippen LogP contribution in [0.1, 0.15) is 36.6 Å². The normalized spacial score (nSPS) is 17.6. The third-order valence-corrected chi connectivity index (χ3v) is 5.21. The average molecular weight is 380 g/mol. The summed E-state index contributed by atoms with van der Waals surface area (Å²) in [7, 11) is 0. The summed E-state index contributed by atoms with van der Waals surface area (Å²) in [4.78, 5) is 11.8. The fraction of sp³-hybridized carbons (Fsp3) is 0.478. The lowest BCUT2D eigenvalue weighted by molar-refractivity contribution is 0.250. The first-order valence-electron chi connectivity index (χ1n) is 10.5. The summed E-state index contributed by atoms with van der Waals surface area (Å²) < 4.78 is 0. The lowest BCUT2D eigenvalue weighted by Gasteiger charge is -2.23. The van der Waals surface area contributed by atoms with E-state index in [1.54, 1.807) is 0 Å². The van der Waals surface area contributed by atoms with Gasteiger partial charge in [0.2, 0.25) is 0 Å². The second-order valence-electron chi connectivity index (χ2n) is 7.46. The van der Waals surface area contributed by atoms with Gasteiger partial charge in [-0.2, -0.15) is 0 Å². The molecule has 1 aromatic heterocycles. The first kappa shape index (κ1) is 20.3. The van der Waals surface area contributed by atoms with Crippen LogP contribution < -0.4 is 10.6 Å². The Kier molecular flexibility index (Phi) is 7.85. The second kappa shape index (κ2) is 10.8. The molecule has 2 heterocycles. The third-order valence-electron chi connectivity index (χ3n) is 5.21. The van der Waals surface area contributed by atoms with Gasteiger partial charge in [0.25, 0.3) is 0 Å². The fourth-order valence-electron chi connectivity index (χ4n) is 3.64. The molecular weight excluding hydrogens is 346 g/mol. The maximum absolute atomic E-state index is 4.87. The summed E-state index contributed by atoms with van der Waals surface area (Å²) in [5, 5.41) is 6.84.